The van der Waals surface area contributed by atoms with Gasteiger partial charge in [-0.1, -0.05) is 82.1 Å². The molecule has 0 saturated heterocycles. The molecule has 0 saturated carbocycles. The van der Waals surface area contributed by atoms with E-state index in [1.807, 2.05) is 73.8 Å². The van der Waals surface area contributed by atoms with E-state index in [1.165, 1.54) is 0 Å². The van der Waals surface area contributed by atoms with Crippen LogP contribution in [0.1, 0.15) is 29.0 Å². The Morgan fingerprint density at radius 3 is 2.49 bits per heavy atom. The van der Waals surface area contributed by atoms with Crippen LogP contribution < -0.4 is 10.1 Å². The molecule has 5 rings (SSSR count). The zero-order valence-corrected chi connectivity index (χ0v) is 23.1. The first-order chi connectivity index (χ1) is 17.9. The number of aliphatic hydroxyl groups is 1. The molecule has 0 fully saturated rings. The van der Waals surface area contributed by atoms with Crippen molar-refractivity contribution in [2.24, 2.45) is 0 Å². The lowest BCUT2D eigenvalue weighted by molar-refractivity contribution is 0.0118. The minimum absolute atomic E-state index is 0.463. The number of hydrogen-bond acceptors (Lipinski definition) is 4. The summed E-state index contributed by atoms with van der Waals surface area (Å²) in [5, 5.41) is 19.8. The van der Waals surface area contributed by atoms with E-state index in [-0.39, 0.29) is 0 Å². The normalized spacial score (nSPS) is 14.0. The number of benzene rings is 4. The molecule has 1 aromatic heterocycles. The van der Waals surface area contributed by atoms with E-state index >= 15 is 0 Å². The number of halogens is 2. The molecule has 0 aliphatic rings. The molecule has 2 N–H and O–H groups in total. The van der Waals surface area contributed by atoms with Crippen LogP contribution in [0.3, 0.4) is 0 Å². The molecule has 5 aromatic rings. The Bertz CT molecular complexity index is 1550. The topological polar surface area (TPSA) is 54.4 Å². The van der Waals surface area contributed by atoms with E-state index in [4.69, 9.17) is 21.3 Å². The molecule has 0 aliphatic carbocycles. The summed E-state index contributed by atoms with van der Waals surface area (Å²) in [7, 11) is 3.52. The summed E-state index contributed by atoms with van der Waals surface area (Å²) in [4.78, 5) is 4.85. The average Bonchev–Trinajstić information content (AvgIpc) is 2.92. The Hall–Kier alpha value is -2.96. The fraction of sp³-hybridized carbons (Fsp3) is 0.194. The molecular formula is C31H28BrClN2O2. The second kappa shape index (κ2) is 10.8. The summed E-state index contributed by atoms with van der Waals surface area (Å²) in [5.74, 6) is -0.00681. The molecule has 4 aromatic carbocycles. The monoisotopic (exact) mass is 574 g/mol. The number of nitrogens with zero attached hydrogens (tertiary/aromatic N) is 1. The molecule has 0 amide bonds. The molecule has 37 heavy (non-hydrogen) atoms. The van der Waals surface area contributed by atoms with Crippen LogP contribution in [0.4, 0.5) is 0 Å². The molecule has 0 spiro atoms. The zero-order chi connectivity index (χ0) is 26.0. The van der Waals surface area contributed by atoms with Crippen molar-refractivity contribution in [3.8, 4) is 5.88 Å². The number of hydrogen-bond donors (Lipinski definition) is 2. The van der Waals surface area contributed by atoms with Gasteiger partial charge in [0.05, 0.1) is 12.6 Å². The van der Waals surface area contributed by atoms with Crippen molar-refractivity contribution in [1.29, 1.82) is 0 Å². The van der Waals surface area contributed by atoms with Gasteiger partial charge in [0.25, 0.3) is 0 Å². The smallest absolute Gasteiger partial charge is 0.217 e. The number of pyridine rings is 1. The largest absolute Gasteiger partial charge is 0.481 e. The molecule has 1 heterocycles. The summed E-state index contributed by atoms with van der Waals surface area (Å²) in [5.41, 5.74) is 2.11. The first kappa shape index (κ1) is 25.7. The van der Waals surface area contributed by atoms with Gasteiger partial charge in [-0.25, -0.2) is 4.98 Å². The standard InChI is InChI=1S/C31H28BrClN2O2/c1-34-17-16-31(36,27-9-5-7-20-6-3-4-8-25(20)27)29(21-10-13-24(33)14-11-21)26-19-22-18-23(32)12-15-28(22)35-30(26)37-2/h3-15,18-19,29,34,36H,16-17H2,1-2H3. The molecular weight excluding hydrogens is 548 g/mol. The SMILES string of the molecule is CNCCC(O)(c1cccc2ccccc12)C(c1ccc(Cl)cc1)c1cc2cc(Br)ccc2nc1OC. The van der Waals surface area contributed by atoms with Gasteiger partial charge in [-0.15, -0.1) is 0 Å². The van der Waals surface area contributed by atoms with Gasteiger partial charge in [0.15, 0.2) is 0 Å². The first-order valence-corrected chi connectivity index (χ1v) is 13.4. The third-order valence-electron chi connectivity index (χ3n) is 6.97. The first-order valence-electron chi connectivity index (χ1n) is 12.2. The van der Waals surface area contributed by atoms with E-state index in [1.54, 1.807) is 7.11 Å². The average molecular weight is 576 g/mol. The Balaban J connectivity index is 1.85. The van der Waals surface area contributed by atoms with Crippen LogP contribution in [0.5, 0.6) is 5.88 Å². The van der Waals surface area contributed by atoms with Crippen LogP contribution in [0, 0.1) is 0 Å². The van der Waals surface area contributed by atoms with E-state index in [2.05, 4.69) is 45.5 Å². The van der Waals surface area contributed by atoms with Crippen molar-refractivity contribution in [3.05, 3.63) is 117 Å². The van der Waals surface area contributed by atoms with Crippen molar-refractivity contribution in [2.45, 2.75) is 17.9 Å². The van der Waals surface area contributed by atoms with E-state index in [0.29, 0.717) is 23.9 Å². The number of aromatic nitrogens is 1. The molecule has 2 unspecified atom stereocenters. The van der Waals surface area contributed by atoms with Crippen LogP contribution in [0.2, 0.25) is 5.02 Å². The van der Waals surface area contributed by atoms with Crippen molar-refractivity contribution in [3.63, 3.8) is 0 Å². The van der Waals surface area contributed by atoms with Crippen molar-refractivity contribution in [2.75, 3.05) is 20.7 Å². The van der Waals surface area contributed by atoms with Crippen LogP contribution in [0.15, 0.2) is 95.5 Å². The second-order valence-electron chi connectivity index (χ2n) is 9.21. The molecule has 0 radical (unpaired) electrons. The van der Waals surface area contributed by atoms with Crippen molar-refractivity contribution in [1.82, 2.24) is 10.3 Å². The van der Waals surface area contributed by atoms with Crippen molar-refractivity contribution < 1.29 is 9.84 Å². The minimum Gasteiger partial charge on any atom is -0.481 e. The zero-order valence-electron chi connectivity index (χ0n) is 20.7. The third-order valence-corrected chi connectivity index (χ3v) is 7.71. The van der Waals surface area contributed by atoms with Gasteiger partial charge in [-0.3, -0.25) is 0 Å². The lowest BCUT2D eigenvalue weighted by atomic mass is 9.70. The molecule has 2 atom stereocenters. The maximum atomic E-state index is 12.9. The highest BCUT2D eigenvalue weighted by atomic mass is 79.9. The summed E-state index contributed by atoms with van der Waals surface area (Å²) in [6.45, 7) is 0.610. The lowest BCUT2D eigenvalue weighted by Gasteiger charge is -2.39. The van der Waals surface area contributed by atoms with Crippen LogP contribution in [-0.2, 0) is 5.60 Å². The Morgan fingerprint density at radius 2 is 1.73 bits per heavy atom. The summed E-state index contributed by atoms with van der Waals surface area (Å²) >= 11 is 9.88. The number of ether oxygens (including phenoxy) is 1. The summed E-state index contributed by atoms with van der Waals surface area (Å²) in [6, 6.07) is 30.0. The number of nitrogens with one attached hydrogen (secondary N) is 1. The lowest BCUT2D eigenvalue weighted by Crippen LogP contribution is -2.37. The van der Waals surface area contributed by atoms with Gasteiger partial charge in [0.1, 0.15) is 5.60 Å². The predicted octanol–water partition coefficient (Wildman–Crippen LogP) is 7.44. The van der Waals surface area contributed by atoms with Crippen LogP contribution in [-0.4, -0.2) is 30.8 Å². The number of rotatable bonds is 8. The van der Waals surface area contributed by atoms with E-state index in [9.17, 15) is 5.11 Å². The van der Waals surface area contributed by atoms with Gasteiger partial charge < -0.3 is 15.2 Å². The highest BCUT2D eigenvalue weighted by molar-refractivity contribution is 9.10. The molecule has 4 nitrogen and oxygen atoms in total. The van der Waals surface area contributed by atoms with Gasteiger partial charge >= 0.3 is 0 Å². The predicted molar refractivity (Wildman–Crippen MR) is 156 cm³/mol. The highest BCUT2D eigenvalue weighted by Gasteiger charge is 2.43. The van der Waals surface area contributed by atoms with Gasteiger partial charge in [0.2, 0.25) is 5.88 Å². The van der Waals surface area contributed by atoms with E-state index < -0.39 is 11.5 Å². The molecule has 6 heteroatoms. The van der Waals surface area contributed by atoms with Gasteiger partial charge in [0, 0.05) is 26.4 Å². The second-order valence-corrected chi connectivity index (χ2v) is 10.6. The van der Waals surface area contributed by atoms with E-state index in [0.717, 1.165) is 42.8 Å². The summed E-state index contributed by atoms with van der Waals surface area (Å²) < 4.78 is 6.82. The quantitative estimate of drug-likeness (QED) is 0.202. The van der Waals surface area contributed by atoms with Crippen LogP contribution in [0.25, 0.3) is 21.7 Å². The Kier molecular flexibility index (Phi) is 7.50. The van der Waals surface area contributed by atoms with Crippen molar-refractivity contribution >= 4 is 49.2 Å². The molecule has 188 valence electrons. The number of methoxy groups -OCH3 is 1. The molecule has 0 aliphatic heterocycles. The number of fused-ring (bicyclic) bond motifs is 2. The highest BCUT2D eigenvalue weighted by Crippen LogP contribution is 2.49. The Labute approximate surface area is 230 Å². The maximum absolute atomic E-state index is 12.9. The Morgan fingerprint density at radius 1 is 0.973 bits per heavy atom. The van der Waals surface area contributed by atoms with Crippen LogP contribution >= 0.6 is 27.5 Å². The fourth-order valence-corrected chi connectivity index (χ4v) is 5.74. The summed E-state index contributed by atoms with van der Waals surface area (Å²) in [6.07, 6.45) is 0.463. The van der Waals surface area contributed by atoms with Gasteiger partial charge in [-0.05, 0) is 78.3 Å². The minimum atomic E-state index is -1.30. The van der Waals surface area contributed by atoms with Gasteiger partial charge in [-0.2, -0.15) is 0 Å². The third kappa shape index (κ3) is 4.97. The molecule has 0 bridgehead atoms. The fourth-order valence-electron chi connectivity index (χ4n) is 5.24. The maximum Gasteiger partial charge on any atom is 0.217 e.